The highest BCUT2D eigenvalue weighted by molar-refractivity contribution is 6.30. The number of amides is 2. The summed E-state index contributed by atoms with van der Waals surface area (Å²) in [5.41, 5.74) is 1.73. The Morgan fingerprint density at radius 1 is 1.00 bits per heavy atom. The Kier molecular flexibility index (Phi) is 6.23. The van der Waals surface area contributed by atoms with Crippen molar-refractivity contribution < 1.29 is 14.3 Å². The van der Waals surface area contributed by atoms with E-state index in [0.717, 1.165) is 5.56 Å². The van der Waals surface area contributed by atoms with Gasteiger partial charge in [0.2, 0.25) is 11.8 Å². The van der Waals surface area contributed by atoms with Crippen molar-refractivity contribution in [2.24, 2.45) is 5.92 Å². The summed E-state index contributed by atoms with van der Waals surface area (Å²) in [6, 6.07) is 24.0. The summed E-state index contributed by atoms with van der Waals surface area (Å²) in [4.78, 5) is 27.0. The van der Waals surface area contributed by atoms with Crippen molar-refractivity contribution >= 4 is 29.1 Å². The molecule has 5 nitrogen and oxygen atoms in total. The summed E-state index contributed by atoms with van der Waals surface area (Å²) < 4.78 is 5.77. The fourth-order valence-corrected chi connectivity index (χ4v) is 3.81. The summed E-state index contributed by atoms with van der Waals surface area (Å²) in [6.07, 6.45) is 0.223. The van der Waals surface area contributed by atoms with Crippen LogP contribution in [-0.2, 0) is 9.59 Å². The minimum absolute atomic E-state index is 0.00298. The number of carbonyl (C=O) groups is 2. The van der Waals surface area contributed by atoms with Gasteiger partial charge in [-0.05, 0) is 61.0 Å². The molecule has 2 atom stereocenters. The van der Waals surface area contributed by atoms with Crippen molar-refractivity contribution in [3.05, 3.63) is 89.4 Å². The fourth-order valence-electron chi connectivity index (χ4n) is 3.68. The average Bonchev–Trinajstić information content (AvgIpc) is 3.18. The van der Waals surface area contributed by atoms with Crippen LogP contribution in [0, 0.1) is 5.92 Å². The number of halogens is 1. The van der Waals surface area contributed by atoms with Crippen LogP contribution in [0.4, 0.5) is 5.69 Å². The van der Waals surface area contributed by atoms with Crippen LogP contribution in [0.25, 0.3) is 0 Å². The van der Waals surface area contributed by atoms with Gasteiger partial charge in [-0.2, -0.15) is 0 Å². The lowest BCUT2D eigenvalue weighted by molar-refractivity contribution is -0.129. The van der Waals surface area contributed by atoms with Crippen LogP contribution in [0.15, 0.2) is 78.9 Å². The van der Waals surface area contributed by atoms with E-state index in [1.165, 1.54) is 0 Å². The molecule has 1 aliphatic heterocycles. The van der Waals surface area contributed by atoms with E-state index in [2.05, 4.69) is 5.32 Å². The van der Waals surface area contributed by atoms with Crippen LogP contribution in [0.2, 0.25) is 5.02 Å². The molecule has 1 N–H and O–H groups in total. The van der Waals surface area contributed by atoms with Crippen LogP contribution in [0.3, 0.4) is 0 Å². The van der Waals surface area contributed by atoms with Gasteiger partial charge in [0.05, 0.1) is 12.0 Å². The Morgan fingerprint density at radius 2 is 1.61 bits per heavy atom. The number of carbonyl (C=O) groups excluding carboxylic acids is 2. The van der Waals surface area contributed by atoms with Gasteiger partial charge in [-0.1, -0.05) is 41.9 Å². The van der Waals surface area contributed by atoms with Crippen LogP contribution in [0.1, 0.15) is 24.9 Å². The Balaban J connectivity index is 1.35. The molecule has 1 fully saturated rings. The fraction of sp³-hybridized carbons (Fsp3) is 0.200. The van der Waals surface area contributed by atoms with Crippen LogP contribution in [-0.4, -0.2) is 23.3 Å². The number of likely N-dealkylation sites (tertiary alicyclic amines) is 1. The van der Waals surface area contributed by atoms with E-state index in [9.17, 15) is 9.59 Å². The number of hydrogen-bond donors (Lipinski definition) is 1. The molecule has 1 aliphatic rings. The lowest BCUT2D eigenvalue weighted by Crippen LogP contribution is -2.30. The van der Waals surface area contributed by atoms with Gasteiger partial charge >= 0.3 is 0 Å². The first-order valence-corrected chi connectivity index (χ1v) is 10.6. The molecule has 3 aromatic rings. The Bertz CT molecular complexity index is 1050. The molecule has 0 aliphatic carbocycles. The largest absolute Gasteiger partial charge is 0.457 e. The molecule has 0 aromatic heterocycles. The lowest BCUT2D eigenvalue weighted by Gasteiger charge is -2.25. The first kappa shape index (κ1) is 20.9. The minimum Gasteiger partial charge on any atom is -0.457 e. The highest BCUT2D eigenvalue weighted by Crippen LogP contribution is 2.29. The summed E-state index contributed by atoms with van der Waals surface area (Å²) in [5, 5.41) is 3.56. The van der Waals surface area contributed by atoms with Gasteiger partial charge in [0.15, 0.2) is 0 Å². The lowest BCUT2D eigenvalue weighted by atomic mass is 10.1. The predicted octanol–water partition coefficient (Wildman–Crippen LogP) is 5.68. The van der Waals surface area contributed by atoms with Gasteiger partial charge in [0.1, 0.15) is 11.5 Å². The van der Waals surface area contributed by atoms with Gasteiger partial charge in [0.25, 0.3) is 0 Å². The monoisotopic (exact) mass is 434 g/mol. The van der Waals surface area contributed by atoms with E-state index in [0.29, 0.717) is 28.8 Å². The molecule has 0 spiro atoms. The summed E-state index contributed by atoms with van der Waals surface area (Å²) in [7, 11) is 0. The van der Waals surface area contributed by atoms with Gasteiger partial charge < -0.3 is 15.0 Å². The zero-order valence-corrected chi connectivity index (χ0v) is 17.9. The highest BCUT2D eigenvalue weighted by atomic mass is 35.5. The Morgan fingerprint density at radius 3 is 2.26 bits per heavy atom. The molecule has 4 rings (SSSR count). The van der Waals surface area contributed by atoms with Crippen LogP contribution >= 0.6 is 11.6 Å². The normalized spacial score (nSPS) is 16.8. The topological polar surface area (TPSA) is 58.6 Å². The Hall–Kier alpha value is -3.31. The van der Waals surface area contributed by atoms with Crippen LogP contribution < -0.4 is 10.1 Å². The van der Waals surface area contributed by atoms with Crippen molar-refractivity contribution in [3.8, 4) is 11.5 Å². The van der Waals surface area contributed by atoms with Crippen molar-refractivity contribution in [2.75, 3.05) is 11.9 Å². The number of benzene rings is 3. The number of anilines is 1. The third kappa shape index (κ3) is 5.06. The molecule has 158 valence electrons. The molecular weight excluding hydrogens is 412 g/mol. The van der Waals surface area contributed by atoms with Crippen LogP contribution in [0.5, 0.6) is 11.5 Å². The maximum Gasteiger partial charge on any atom is 0.229 e. The summed E-state index contributed by atoms with van der Waals surface area (Å²) in [5.74, 6) is 0.812. The van der Waals surface area contributed by atoms with Gasteiger partial charge in [0, 0.05) is 23.7 Å². The molecule has 0 radical (unpaired) electrons. The molecule has 6 heteroatoms. The van der Waals surface area contributed by atoms with Crippen molar-refractivity contribution in [3.63, 3.8) is 0 Å². The van der Waals surface area contributed by atoms with E-state index in [-0.39, 0.29) is 30.2 Å². The van der Waals surface area contributed by atoms with E-state index in [4.69, 9.17) is 16.3 Å². The summed E-state index contributed by atoms with van der Waals surface area (Å²) >= 11 is 5.88. The second-order valence-electron chi connectivity index (χ2n) is 7.60. The number of hydrogen-bond acceptors (Lipinski definition) is 3. The molecule has 3 aromatic carbocycles. The molecule has 31 heavy (non-hydrogen) atoms. The molecule has 0 unspecified atom stereocenters. The Labute approximate surface area is 186 Å². The molecule has 1 saturated heterocycles. The average molecular weight is 435 g/mol. The quantitative estimate of drug-likeness (QED) is 0.543. The predicted molar refractivity (Wildman–Crippen MR) is 121 cm³/mol. The number of nitrogens with one attached hydrogen (secondary N) is 1. The second-order valence-corrected chi connectivity index (χ2v) is 8.04. The summed E-state index contributed by atoms with van der Waals surface area (Å²) in [6.45, 7) is 2.41. The van der Waals surface area contributed by atoms with E-state index in [1.54, 1.807) is 53.4 Å². The van der Waals surface area contributed by atoms with Crippen molar-refractivity contribution in [1.29, 1.82) is 0 Å². The standard InChI is InChI=1S/C25H23ClN2O3/c1-17(18-5-3-2-4-6-18)28-16-19(15-24(28)29)25(30)27-21-9-13-23(14-10-21)31-22-11-7-20(26)8-12-22/h2-14,17,19H,15-16H2,1H3,(H,27,30)/t17-,19+/m0/s1. The van der Waals surface area contributed by atoms with Crippen molar-refractivity contribution in [2.45, 2.75) is 19.4 Å². The number of ether oxygens (including phenoxy) is 1. The van der Waals surface area contributed by atoms with E-state index >= 15 is 0 Å². The molecule has 0 saturated carbocycles. The zero-order valence-electron chi connectivity index (χ0n) is 17.1. The van der Waals surface area contributed by atoms with Gasteiger partial charge in [-0.15, -0.1) is 0 Å². The minimum atomic E-state index is -0.372. The maximum atomic E-state index is 12.7. The second kappa shape index (κ2) is 9.23. The van der Waals surface area contributed by atoms with E-state index in [1.807, 2.05) is 37.3 Å². The SMILES string of the molecule is C[C@@H](c1ccccc1)N1C[C@H](C(=O)Nc2ccc(Oc3ccc(Cl)cc3)cc2)CC1=O. The van der Waals surface area contributed by atoms with Crippen molar-refractivity contribution in [1.82, 2.24) is 4.90 Å². The third-order valence-electron chi connectivity index (χ3n) is 5.45. The third-order valence-corrected chi connectivity index (χ3v) is 5.70. The van der Waals surface area contributed by atoms with Gasteiger partial charge in [-0.25, -0.2) is 0 Å². The zero-order chi connectivity index (χ0) is 21.8. The first-order chi connectivity index (χ1) is 15.0. The maximum absolute atomic E-state index is 12.7. The smallest absolute Gasteiger partial charge is 0.229 e. The van der Waals surface area contributed by atoms with E-state index < -0.39 is 0 Å². The van der Waals surface area contributed by atoms with Gasteiger partial charge in [-0.3, -0.25) is 9.59 Å². The number of nitrogens with zero attached hydrogens (tertiary/aromatic N) is 1. The molecule has 2 amide bonds. The molecule has 0 bridgehead atoms. The highest BCUT2D eigenvalue weighted by Gasteiger charge is 2.37. The first-order valence-electron chi connectivity index (χ1n) is 10.2. The molecular formula is C25H23ClN2O3. The number of rotatable bonds is 6. The molecule has 1 heterocycles.